The molecule has 0 spiro atoms. The molecule has 0 atom stereocenters. The molecule has 0 saturated carbocycles. The van der Waals surface area contributed by atoms with Crippen LogP contribution in [0.1, 0.15) is 21.5 Å². The van der Waals surface area contributed by atoms with Gasteiger partial charge in [0.2, 0.25) is 5.78 Å². The van der Waals surface area contributed by atoms with Crippen molar-refractivity contribution < 1.29 is 13.6 Å². The van der Waals surface area contributed by atoms with Crippen molar-refractivity contribution in [1.82, 2.24) is 0 Å². The van der Waals surface area contributed by atoms with Crippen molar-refractivity contribution in [2.75, 3.05) is 5.73 Å². The van der Waals surface area contributed by atoms with Gasteiger partial charge in [-0.05, 0) is 36.8 Å². The zero-order chi connectivity index (χ0) is 14.2. The summed E-state index contributed by atoms with van der Waals surface area (Å²) in [5.41, 5.74) is 5.34. The van der Waals surface area contributed by atoms with E-state index in [-0.39, 0.29) is 16.8 Å². The van der Waals surface area contributed by atoms with E-state index in [4.69, 9.17) is 17.3 Å². The summed E-state index contributed by atoms with van der Waals surface area (Å²) in [4.78, 5) is 12.2. The third-order valence-electron chi connectivity index (χ3n) is 2.77. The zero-order valence-corrected chi connectivity index (χ0v) is 10.8. The van der Waals surface area contributed by atoms with E-state index in [0.717, 1.165) is 6.07 Å². The lowest BCUT2D eigenvalue weighted by Gasteiger charge is -2.08. The van der Waals surface area contributed by atoms with Gasteiger partial charge >= 0.3 is 0 Å². The monoisotopic (exact) mass is 281 g/mol. The number of rotatable bonds is 2. The molecule has 0 bridgehead atoms. The van der Waals surface area contributed by atoms with Crippen LogP contribution in [0.25, 0.3) is 0 Å². The maximum Gasteiger partial charge on any atom is 0.201 e. The van der Waals surface area contributed by atoms with Crippen molar-refractivity contribution in [3.05, 3.63) is 63.7 Å². The number of aryl methyl sites for hydroxylation is 1. The Morgan fingerprint density at radius 3 is 2.53 bits per heavy atom. The Morgan fingerprint density at radius 1 is 1.21 bits per heavy atom. The molecule has 0 aromatic heterocycles. The standard InChI is InChI=1S/C14H10ClF2NO/c1-7-2-5-10(16)12(13(7)17)14(19)9-4-3-8(15)6-11(9)18/h2-6H,18H2,1H3. The summed E-state index contributed by atoms with van der Waals surface area (Å²) in [6, 6.07) is 6.47. The second-order valence-corrected chi connectivity index (χ2v) is 4.55. The van der Waals surface area contributed by atoms with Gasteiger partial charge in [-0.25, -0.2) is 8.78 Å². The summed E-state index contributed by atoms with van der Waals surface area (Å²) in [6.45, 7) is 1.46. The van der Waals surface area contributed by atoms with Gasteiger partial charge in [-0.3, -0.25) is 4.79 Å². The predicted molar refractivity (Wildman–Crippen MR) is 70.4 cm³/mol. The minimum atomic E-state index is -0.914. The maximum absolute atomic E-state index is 13.9. The average Bonchev–Trinajstić information content (AvgIpc) is 2.34. The molecular weight excluding hydrogens is 272 g/mol. The molecular formula is C14H10ClF2NO. The predicted octanol–water partition coefficient (Wildman–Crippen LogP) is 3.74. The number of anilines is 1. The van der Waals surface area contributed by atoms with Crippen molar-refractivity contribution in [1.29, 1.82) is 0 Å². The summed E-state index contributed by atoms with van der Waals surface area (Å²) in [5.74, 6) is -2.59. The summed E-state index contributed by atoms with van der Waals surface area (Å²) in [6.07, 6.45) is 0. The van der Waals surface area contributed by atoms with E-state index in [1.54, 1.807) is 0 Å². The summed E-state index contributed by atoms with van der Waals surface area (Å²) >= 11 is 5.72. The highest BCUT2D eigenvalue weighted by Crippen LogP contribution is 2.24. The van der Waals surface area contributed by atoms with Crippen molar-refractivity contribution in [2.24, 2.45) is 0 Å². The lowest BCUT2D eigenvalue weighted by molar-refractivity contribution is 0.103. The van der Waals surface area contributed by atoms with Crippen molar-refractivity contribution in [3.63, 3.8) is 0 Å². The molecule has 0 aliphatic rings. The first-order valence-electron chi connectivity index (χ1n) is 5.46. The minimum Gasteiger partial charge on any atom is -0.398 e. The lowest BCUT2D eigenvalue weighted by Crippen LogP contribution is -2.11. The molecule has 2 aromatic rings. The van der Waals surface area contributed by atoms with Crippen LogP contribution in [0.3, 0.4) is 0 Å². The Balaban J connectivity index is 2.59. The van der Waals surface area contributed by atoms with E-state index in [2.05, 4.69) is 0 Å². The van der Waals surface area contributed by atoms with Gasteiger partial charge in [-0.1, -0.05) is 17.7 Å². The number of hydrogen-bond donors (Lipinski definition) is 1. The molecule has 2 N–H and O–H groups in total. The van der Waals surface area contributed by atoms with E-state index >= 15 is 0 Å². The van der Waals surface area contributed by atoms with Crippen LogP contribution in [0.15, 0.2) is 30.3 Å². The smallest absolute Gasteiger partial charge is 0.201 e. The molecule has 98 valence electrons. The van der Waals surface area contributed by atoms with Crippen molar-refractivity contribution >= 4 is 23.1 Å². The first-order chi connectivity index (χ1) is 8.91. The fraction of sp³-hybridized carbons (Fsp3) is 0.0714. The SMILES string of the molecule is Cc1ccc(F)c(C(=O)c2ccc(Cl)cc2N)c1F. The molecule has 19 heavy (non-hydrogen) atoms. The summed E-state index contributed by atoms with van der Waals surface area (Å²) in [5, 5.41) is 0.347. The Morgan fingerprint density at radius 2 is 1.89 bits per heavy atom. The van der Waals surface area contributed by atoms with Gasteiger partial charge < -0.3 is 5.73 Å². The van der Waals surface area contributed by atoms with Gasteiger partial charge in [-0.15, -0.1) is 0 Å². The Bertz CT molecular complexity index is 671. The molecule has 5 heteroatoms. The van der Waals surface area contributed by atoms with E-state index in [0.29, 0.717) is 5.02 Å². The second kappa shape index (κ2) is 4.97. The molecule has 0 heterocycles. The number of nitrogen functional groups attached to an aromatic ring is 1. The summed E-state index contributed by atoms with van der Waals surface area (Å²) < 4.78 is 27.5. The lowest BCUT2D eigenvalue weighted by atomic mass is 9.99. The summed E-state index contributed by atoms with van der Waals surface area (Å²) in [7, 11) is 0. The number of benzene rings is 2. The number of hydrogen-bond acceptors (Lipinski definition) is 2. The minimum absolute atomic E-state index is 0.0211. The van der Waals surface area contributed by atoms with Gasteiger partial charge in [0.25, 0.3) is 0 Å². The molecule has 0 unspecified atom stereocenters. The van der Waals surface area contributed by atoms with Gasteiger partial charge in [0.15, 0.2) is 0 Å². The van der Waals surface area contributed by atoms with E-state index in [1.807, 2.05) is 0 Å². The van der Waals surface area contributed by atoms with Crippen LogP contribution in [0.4, 0.5) is 14.5 Å². The van der Waals surface area contributed by atoms with E-state index in [9.17, 15) is 13.6 Å². The largest absolute Gasteiger partial charge is 0.398 e. The number of halogens is 3. The van der Waals surface area contributed by atoms with Crippen LogP contribution in [-0.4, -0.2) is 5.78 Å². The molecule has 0 aliphatic heterocycles. The Labute approximate surface area is 113 Å². The molecule has 2 rings (SSSR count). The van der Waals surface area contributed by atoms with Crippen molar-refractivity contribution in [2.45, 2.75) is 6.92 Å². The fourth-order valence-corrected chi connectivity index (χ4v) is 1.92. The molecule has 2 aromatic carbocycles. The molecule has 0 saturated heterocycles. The highest BCUT2D eigenvalue weighted by atomic mass is 35.5. The van der Waals surface area contributed by atoms with Gasteiger partial charge in [0, 0.05) is 16.3 Å². The fourth-order valence-electron chi connectivity index (χ4n) is 1.74. The third-order valence-corrected chi connectivity index (χ3v) is 3.00. The van der Waals surface area contributed by atoms with Crippen LogP contribution >= 0.6 is 11.6 Å². The third kappa shape index (κ3) is 2.44. The van der Waals surface area contributed by atoms with Crippen LogP contribution in [-0.2, 0) is 0 Å². The quantitative estimate of drug-likeness (QED) is 0.673. The zero-order valence-electron chi connectivity index (χ0n) is 10.0. The molecule has 2 nitrogen and oxygen atoms in total. The normalized spacial score (nSPS) is 10.5. The topological polar surface area (TPSA) is 43.1 Å². The highest BCUT2D eigenvalue weighted by molar-refractivity contribution is 6.31. The van der Waals surface area contributed by atoms with Gasteiger partial charge in [-0.2, -0.15) is 0 Å². The molecule has 0 radical (unpaired) electrons. The van der Waals surface area contributed by atoms with Gasteiger partial charge in [0.05, 0.1) is 5.56 Å². The van der Waals surface area contributed by atoms with Crippen LogP contribution in [0.2, 0.25) is 5.02 Å². The maximum atomic E-state index is 13.9. The van der Waals surface area contributed by atoms with Crippen LogP contribution < -0.4 is 5.73 Å². The first-order valence-corrected chi connectivity index (χ1v) is 5.84. The van der Waals surface area contributed by atoms with E-state index in [1.165, 1.54) is 31.2 Å². The highest BCUT2D eigenvalue weighted by Gasteiger charge is 2.22. The Hall–Kier alpha value is -1.94. The van der Waals surface area contributed by atoms with Crippen molar-refractivity contribution in [3.8, 4) is 0 Å². The van der Waals surface area contributed by atoms with E-state index < -0.39 is 23.0 Å². The number of nitrogens with two attached hydrogens (primary N) is 1. The first kappa shape index (κ1) is 13.5. The molecule has 0 aliphatic carbocycles. The molecule has 0 fully saturated rings. The molecule has 0 amide bonds. The average molecular weight is 282 g/mol. The number of ketones is 1. The Kier molecular flexibility index (Phi) is 3.53. The van der Waals surface area contributed by atoms with Gasteiger partial charge in [0.1, 0.15) is 11.6 Å². The van der Waals surface area contributed by atoms with Crippen LogP contribution in [0, 0.1) is 18.6 Å². The second-order valence-electron chi connectivity index (χ2n) is 4.11. The number of carbonyl (C=O) groups is 1. The van der Waals surface area contributed by atoms with Crippen LogP contribution in [0.5, 0.6) is 0 Å². The number of carbonyl (C=O) groups excluding carboxylic acids is 1.